The largest absolute Gasteiger partial charge is 0.397 e. The second kappa shape index (κ2) is 9.41. The van der Waals surface area contributed by atoms with Gasteiger partial charge in [0.2, 0.25) is 0 Å². The molecule has 1 aromatic rings. The highest BCUT2D eigenvalue weighted by Gasteiger charge is 2.13. The summed E-state index contributed by atoms with van der Waals surface area (Å²) in [6, 6.07) is 1.82. The Labute approximate surface area is 131 Å². The SMILES string of the molecule is C=CCNC(=O)c1sc(NCCN(CC)CCC)cc1N. The van der Waals surface area contributed by atoms with E-state index < -0.39 is 0 Å². The Kier molecular flexibility index (Phi) is 7.85. The third kappa shape index (κ3) is 5.77. The minimum atomic E-state index is -0.147. The molecule has 5 nitrogen and oxygen atoms in total. The molecule has 6 heteroatoms. The van der Waals surface area contributed by atoms with Crippen molar-refractivity contribution in [1.82, 2.24) is 10.2 Å². The van der Waals surface area contributed by atoms with Gasteiger partial charge in [0.25, 0.3) is 5.91 Å². The number of nitrogens with one attached hydrogen (secondary N) is 2. The van der Waals surface area contributed by atoms with Crippen LogP contribution in [-0.4, -0.2) is 43.5 Å². The highest BCUT2D eigenvalue weighted by molar-refractivity contribution is 7.18. The molecule has 0 bridgehead atoms. The second-order valence-corrected chi connectivity index (χ2v) is 5.81. The van der Waals surface area contributed by atoms with Gasteiger partial charge in [-0.15, -0.1) is 17.9 Å². The molecule has 0 spiro atoms. The van der Waals surface area contributed by atoms with Crippen LogP contribution in [0.15, 0.2) is 18.7 Å². The van der Waals surface area contributed by atoms with E-state index in [1.165, 1.54) is 11.3 Å². The van der Waals surface area contributed by atoms with Gasteiger partial charge >= 0.3 is 0 Å². The molecule has 1 heterocycles. The molecule has 0 saturated carbocycles. The van der Waals surface area contributed by atoms with Crippen molar-refractivity contribution in [2.24, 2.45) is 0 Å². The highest BCUT2D eigenvalue weighted by atomic mass is 32.1. The molecule has 21 heavy (non-hydrogen) atoms. The number of anilines is 2. The minimum Gasteiger partial charge on any atom is -0.397 e. The van der Waals surface area contributed by atoms with Gasteiger partial charge in [0.1, 0.15) is 4.88 Å². The first-order valence-corrected chi connectivity index (χ1v) is 8.18. The van der Waals surface area contributed by atoms with Crippen LogP contribution < -0.4 is 16.4 Å². The van der Waals surface area contributed by atoms with Crippen LogP contribution in [0.5, 0.6) is 0 Å². The van der Waals surface area contributed by atoms with E-state index in [-0.39, 0.29) is 5.91 Å². The summed E-state index contributed by atoms with van der Waals surface area (Å²) in [6.07, 6.45) is 2.81. The fourth-order valence-electron chi connectivity index (χ4n) is 2.00. The summed E-state index contributed by atoms with van der Waals surface area (Å²) in [6.45, 7) is 12.4. The molecular formula is C15H26N4OS. The van der Waals surface area contributed by atoms with Gasteiger partial charge in [-0.2, -0.15) is 0 Å². The van der Waals surface area contributed by atoms with Gasteiger partial charge < -0.3 is 21.3 Å². The maximum atomic E-state index is 11.9. The third-order valence-corrected chi connectivity index (χ3v) is 4.20. The van der Waals surface area contributed by atoms with Gasteiger partial charge in [-0.3, -0.25) is 4.79 Å². The fraction of sp³-hybridized carbons (Fsp3) is 0.533. The van der Waals surface area contributed by atoms with Crippen molar-refractivity contribution in [2.75, 3.05) is 43.8 Å². The van der Waals surface area contributed by atoms with Crippen molar-refractivity contribution in [3.63, 3.8) is 0 Å². The number of thiophene rings is 1. The molecule has 0 aliphatic carbocycles. The summed E-state index contributed by atoms with van der Waals surface area (Å²) in [5.41, 5.74) is 6.41. The molecule has 0 saturated heterocycles. The Morgan fingerprint density at radius 2 is 2.24 bits per heavy atom. The lowest BCUT2D eigenvalue weighted by atomic mass is 10.3. The Morgan fingerprint density at radius 1 is 1.48 bits per heavy atom. The smallest absolute Gasteiger partial charge is 0.263 e. The first kappa shape index (κ1) is 17.5. The first-order chi connectivity index (χ1) is 10.1. The molecule has 0 unspecified atom stereocenters. The van der Waals surface area contributed by atoms with Crippen LogP contribution in [0, 0.1) is 0 Å². The summed E-state index contributed by atoms with van der Waals surface area (Å²) >= 11 is 1.39. The van der Waals surface area contributed by atoms with Gasteiger partial charge in [-0.1, -0.05) is 19.9 Å². The minimum absolute atomic E-state index is 0.147. The zero-order valence-corrected chi connectivity index (χ0v) is 13.8. The van der Waals surface area contributed by atoms with Gasteiger partial charge in [0, 0.05) is 19.6 Å². The molecule has 0 aliphatic heterocycles. The number of amides is 1. The number of hydrogen-bond donors (Lipinski definition) is 3. The summed E-state index contributed by atoms with van der Waals surface area (Å²) in [5, 5.41) is 7.01. The average Bonchev–Trinajstić information content (AvgIpc) is 2.84. The van der Waals surface area contributed by atoms with Crippen LogP contribution in [0.25, 0.3) is 0 Å². The van der Waals surface area contributed by atoms with Crippen molar-refractivity contribution in [1.29, 1.82) is 0 Å². The molecule has 1 aromatic heterocycles. The van der Waals surface area contributed by atoms with Crippen molar-refractivity contribution < 1.29 is 4.79 Å². The van der Waals surface area contributed by atoms with E-state index in [0.29, 0.717) is 17.1 Å². The predicted molar refractivity (Wildman–Crippen MR) is 92.2 cm³/mol. The normalized spacial score (nSPS) is 10.6. The molecule has 0 fully saturated rings. The lowest BCUT2D eigenvalue weighted by Gasteiger charge is -2.19. The average molecular weight is 310 g/mol. The zero-order valence-electron chi connectivity index (χ0n) is 12.9. The van der Waals surface area contributed by atoms with E-state index in [4.69, 9.17) is 5.73 Å². The van der Waals surface area contributed by atoms with Gasteiger partial charge in [-0.05, 0) is 25.6 Å². The molecule has 0 aromatic carbocycles. The van der Waals surface area contributed by atoms with Crippen LogP contribution >= 0.6 is 11.3 Å². The van der Waals surface area contributed by atoms with Crippen molar-refractivity contribution in [3.05, 3.63) is 23.6 Å². The number of carbonyl (C=O) groups is 1. The molecule has 1 rings (SSSR count). The predicted octanol–water partition coefficient (Wildman–Crippen LogP) is 2.39. The van der Waals surface area contributed by atoms with Gasteiger partial charge in [0.15, 0.2) is 0 Å². The summed E-state index contributed by atoms with van der Waals surface area (Å²) in [5.74, 6) is -0.147. The maximum Gasteiger partial charge on any atom is 0.263 e. The van der Waals surface area contributed by atoms with Crippen molar-refractivity contribution in [3.8, 4) is 0 Å². The maximum absolute atomic E-state index is 11.9. The summed E-state index contributed by atoms with van der Waals surface area (Å²) in [4.78, 5) is 14.8. The van der Waals surface area contributed by atoms with Crippen LogP contribution in [0.4, 0.5) is 10.7 Å². The molecular weight excluding hydrogens is 284 g/mol. The highest BCUT2D eigenvalue weighted by Crippen LogP contribution is 2.28. The van der Waals surface area contributed by atoms with E-state index in [9.17, 15) is 4.79 Å². The van der Waals surface area contributed by atoms with Crippen LogP contribution in [-0.2, 0) is 0 Å². The molecule has 118 valence electrons. The van der Waals surface area contributed by atoms with E-state index in [2.05, 4.69) is 36.0 Å². The monoisotopic (exact) mass is 310 g/mol. The third-order valence-electron chi connectivity index (χ3n) is 3.09. The second-order valence-electron chi connectivity index (χ2n) is 4.75. The number of rotatable bonds is 10. The number of nitrogens with two attached hydrogens (primary N) is 1. The standard InChI is InChI=1S/C15H26N4OS/c1-4-7-18-15(20)14-12(16)11-13(21-14)17-8-10-19(6-3)9-5-2/h4,11,17H,1,5-10,16H2,2-3H3,(H,18,20). The molecule has 0 aliphatic rings. The number of nitrogen functional groups attached to an aromatic ring is 1. The van der Waals surface area contributed by atoms with E-state index >= 15 is 0 Å². The molecule has 0 atom stereocenters. The lowest BCUT2D eigenvalue weighted by Crippen LogP contribution is -2.29. The summed E-state index contributed by atoms with van der Waals surface area (Å²) < 4.78 is 0. The van der Waals surface area contributed by atoms with Crippen molar-refractivity contribution >= 4 is 27.9 Å². The molecule has 0 radical (unpaired) electrons. The fourth-order valence-corrected chi connectivity index (χ4v) is 2.92. The topological polar surface area (TPSA) is 70.4 Å². The Bertz CT molecular complexity index is 459. The van der Waals surface area contributed by atoms with Crippen LogP contribution in [0.3, 0.4) is 0 Å². The quantitative estimate of drug-likeness (QED) is 0.580. The van der Waals surface area contributed by atoms with Gasteiger partial charge in [0.05, 0.1) is 10.7 Å². The Balaban J connectivity index is 2.50. The van der Waals surface area contributed by atoms with E-state index in [1.807, 2.05) is 6.07 Å². The Hall–Kier alpha value is -1.53. The molecule has 1 amide bonds. The van der Waals surface area contributed by atoms with Crippen LogP contribution in [0.2, 0.25) is 0 Å². The van der Waals surface area contributed by atoms with E-state index in [1.54, 1.807) is 6.08 Å². The number of carbonyl (C=O) groups excluding carboxylic acids is 1. The summed E-state index contributed by atoms with van der Waals surface area (Å²) in [7, 11) is 0. The van der Waals surface area contributed by atoms with Crippen molar-refractivity contribution in [2.45, 2.75) is 20.3 Å². The Morgan fingerprint density at radius 3 is 2.86 bits per heavy atom. The van der Waals surface area contributed by atoms with Crippen LogP contribution in [0.1, 0.15) is 29.9 Å². The molecule has 4 N–H and O–H groups in total. The number of likely N-dealkylation sites (N-methyl/N-ethyl adjacent to an activating group) is 1. The number of hydrogen-bond acceptors (Lipinski definition) is 5. The van der Waals surface area contributed by atoms with Gasteiger partial charge in [-0.25, -0.2) is 0 Å². The number of nitrogens with zero attached hydrogens (tertiary/aromatic N) is 1. The zero-order chi connectivity index (χ0) is 15.7. The first-order valence-electron chi connectivity index (χ1n) is 7.36. The van der Waals surface area contributed by atoms with E-state index in [0.717, 1.165) is 37.6 Å². The lowest BCUT2D eigenvalue weighted by molar-refractivity contribution is 0.0963.